The van der Waals surface area contributed by atoms with Crippen LogP contribution in [-0.4, -0.2) is 58.8 Å². The van der Waals surface area contributed by atoms with Crippen LogP contribution in [0.25, 0.3) is 0 Å². The van der Waals surface area contributed by atoms with Gasteiger partial charge in [0.25, 0.3) is 0 Å². The van der Waals surface area contributed by atoms with Gasteiger partial charge in [-0.15, -0.1) is 0 Å². The number of aromatic nitrogens is 1. The summed E-state index contributed by atoms with van der Waals surface area (Å²) in [6, 6.07) is 2.66. The minimum absolute atomic E-state index is 0.235. The second kappa shape index (κ2) is 6.39. The number of pyridine rings is 1. The Morgan fingerprint density at radius 3 is 2.30 bits per heavy atom. The lowest BCUT2D eigenvalue weighted by atomic mass is 10.2. The summed E-state index contributed by atoms with van der Waals surface area (Å²) in [5, 5.41) is 8.80. The minimum atomic E-state index is -1.27. The number of piperazine rings is 1. The van der Waals surface area contributed by atoms with Crippen molar-refractivity contribution in [2.45, 2.75) is 26.4 Å². The van der Waals surface area contributed by atoms with E-state index >= 15 is 0 Å². The molecule has 0 spiro atoms. The lowest BCUT2D eigenvalue weighted by Gasteiger charge is -2.36. The fraction of sp³-hybridized carbons (Fsp3) is 0.533. The van der Waals surface area contributed by atoms with Gasteiger partial charge in [0, 0.05) is 26.2 Å². The smallest absolute Gasteiger partial charge is 0.410 e. The standard InChI is InChI=1S/C15H20FN3O4/c1-15(2,3)23-14(22)19-8-6-18(7-9-19)11-5-4-10(13(20)21)17-12(11)16/h4-5H,6-9H2,1-3H3,(H,20,21). The van der Waals surface area contributed by atoms with E-state index in [2.05, 4.69) is 4.98 Å². The molecule has 1 aromatic rings. The molecule has 1 saturated heterocycles. The molecule has 7 nitrogen and oxygen atoms in total. The molecule has 8 heteroatoms. The molecule has 1 aromatic heterocycles. The summed E-state index contributed by atoms with van der Waals surface area (Å²) in [6.07, 6.45) is -0.392. The number of amides is 1. The first-order valence-electron chi connectivity index (χ1n) is 7.30. The Bertz CT molecular complexity index is 607. The number of carbonyl (C=O) groups is 2. The Labute approximate surface area is 133 Å². The summed E-state index contributed by atoms with van der Waals surface area (Å²) in [6.45, 7) is 7.03. The van der Waals surface area contributed by atoms with E-state index in [0.29, 0.717) is 26.2 Å². The van der Waals surface area contributed by atoms with Crippen molar-refractivity contribution in [1.29, 1.82) is 0 Å². The highest BCUT2D eigenvalue weighted by molar-refractivity contribution is 5.85. The van der Waals surface area contributed by atoms with Gasteiger partial charge < -0.3 is 19.6 Å². The number of halogens is 1. The van der Waals surface area contributed by atoms with Crippen molar-refractivity contribution in [3.05, 3.63) is 23.8 Å². The number of hydrogen-bond acceptors (Lipinski definition) is 5. The van der Waals surface area contributed by atoms with Crippen molar-refractivity contribution in [3.63, 3.8) is 0 Å². The average molecular weight is 325 g/mol. The van der Waals surface area contributed by atoms with Crippen molar-refractivity contribution in [3.8, 4) is 0 Å². The van der Waals surface area contributed by atoms with Gasteiger partial charge in [0.1, 0.15) is 5.60 Å². The van der Waals surface area contributed by atoms with Crippen LogP contribution in [0.3, 0.4) is 0 Å². The fourth-order valence-corrected chi connectivity index (χ4v) is 2.24. The Morgan fingerprint density at radius 2 is 1.83 bits per heavy atom. The number of nitrogens with zero attached hydrogens (tertiary/aromatic N) is 3. The molecular formula is C15H20FN3O4. The van der Waals surface area contributed by atoms with Crippen molar-refractivity contribution in [1.82, 2.24) is 9.88 Å². The topological polar surface area (TPSA) is 83.0 Å². The van der Waals surface area contributed by atoms with E-state index in [1.54, 1.807) is 30.6 Å². The maximum absolute atomic E-state index is 14.0. The van der Waals surface area contributed by atoms with Gasteiger partial charge in [-0.2, -0.15) is 4.39 Å². The van der Waals surface area contributed by atoms with Gasteiger partial charge in [-0.05, 0) is 32.9 Å². The highest BCUT2D eigenvalue weighted by atomic mass is 19.1. The molecule has 23 heavy (non-hydrogen) atoms. The van der Waals surface area contributed by atoms with Gasteiger partial charge in [-0.25, -0.2) is 14.6 Å². The zero-order valence-corrected chi connectivity index (χ0v) is 13.4. The number of hydrogen-bond donors (Lipinski definition) is 1. The monoisotopic (exact) mass is 325 g/mol. The number of carboxylic acid groups (broad SMARTS) is 1. The molecule has 0 saturated carbocycles. The number of ether oxygens (including phenoxy) is 1. The van der Waals surface area contributed by atoms with Gasteiger partial charge in [0.15, 0.2) is 5.69 Å². The SMILES string of the molecule is CC(C)(C)OC(=O)N1CCN(c2ccc(C(=O)O)nc2F)CC1. The first-order valence-corrected chi connectivity index (χ1v) is 7.30. The van der Waals surface area contributed by atoms with E-state index in [1.165, 1.54) is 12.1 Å². The Hall–Kier alpha value is -2.38. The van der Waals surface area contributed by atoms with Crippen molar-refractivity contribution in [2.24, 2.45) is 0 Å². The predicted molar refractivity (Wildman–Crippen MR) is 81.2 cm³/mol. The average Bonchev–Trinajstić information content (AvgIpc) is 2.45. The van der Waals surface area contributed by atoms with E-state index in [0.717, 1.165) is 0 Å². The summed E-state index contributed by atoms with van der Waals surface area (Å²) < 4.78 is 19.3. The molecule has 1 aliphatic heterocycles. The van der Waals surface area contributed by atoms with Gasteiger partial charge in [0.2, 0.25) is 5.95 Å². The zero-order chi connectivity index (χ0) is 17.2. The zero-order valence-electron chi connectivity index (χ0n) is 13.4. The van der Waals surface area contributed by atoms with Gasteiger partial charge in [-0.1, -0.05) is 0 Å². The molecule has 1 fully saturated rings. The molecule has 1 amide bonds. The third-order valence-corrected chi connectivity index (χ3v) is 3.32. The van der Waals surface area contributed by atoms with Gasteiger partial charge in [-0.3, -0.25) is 0 Å². The van der Waals surface area contributed by atoms with Crippen molar-refractivity contribution < 1.29 is 23.8 Å². The van der Waals surface area contributed by atoms with Crippen LogP contribution >= 0.6 is 0 Å². The summed E-state index contributed by atoms with van der Waals surface area (Å²) in [5.41, 5.74) is -0.658. The molecule has 0 bridgehead atoms. The quantitative estimate of drug-likeness (QED) is 0.837. The number of carbonyl (C=O) groups excluding carboxylic acids is 1. The van der Waals surface area contributed by atoms with Crippen molar-refractivity contribution in [2.75, 3.05) is 31.1 Å². The fourth-order valence-electron chi connectivity index (χ4n) is 2.24. The molecule has 0 aliphatic carbocycles. The third-order valence-electron chi connectivity index (χ3n) is 3.32. The van der Waals surface area contributed by atoms with E-state index in [-0.39, 0.29) is 11.4 Å². The normalized spacial score (nSPS) is 15.5. The van der Waals surface area contributed by atoms with Crippen LogP contribution in [0.4, 0.5) is 14.9 Å². The van der Waals surface area contributed by atoms with Crippen LogP contribution in [0.2, 0.25) is 0 Å². The molecule has 0 radical (unpaired) electrons. The number of aromatic carboxylic acids is 1. The second-order valence-electron chi connectivity index (χ2n) is 6.27. The molecule has 0 aromatic carbocycles. The molecule has 1 N–H and O–H groups in total. The predicted octanol–water partition coefficient (Wildman–Crippen LogP) is 1.98. The summed E-state index contributed by atoms with van der Waals surface area (Å²) in [4.78, 5) is 29.5. The number of rotatable bonds is 2. The number of carboxylic acids is 1. The van der Waals surface area contributed by atoms with E-state index in [9.17, 15) is 14.0 Å². The first-order chi connectivity index (χ1) is 10.7. The van der Waals surface area contributed by atoms with Crippen LogP contribution in [0, 0.1) is 5.95 Å². The first kappa shape index (κ1) is 17.0. The molecule has 126 valence electrons. The Balaban J connectivity index is 1.99. The van der Waals surface area contributed by atoms with Gasteiger partial charge in [0.05, 0.1) is 5.69 Å². The number of anilines is 1. The molecular weight excluding hydrogens is 305 g/mol. The lowest BCUT2D eigenvalue weighted by Crippen LogP contribution is -2.50. The van der Waals surface area contributed by atoms with Crippen LogP contribution in [0.5, 0.6) is 0 Å². The lowest BCUT2D eigenvalue weighted by molar-refractivity contribution is 0.0240. The summed E-state index contributed by atoms with van der Waals surface area (Å²) in [5.74, 6) is -2.10. The largest absolute Gasteiger partial charge is 0.477 e. The summed E-state index contributed by atoms with van der Waals surface area (Å²) in [7, 11) is 0. The highest BCUT2D eigenvalue weighted by Crippen LogP contribution is 2.20. The molecule has 2 rings (SSSR count). The maximum Gasteiger partial charge on any atom is 0.410 e. The molecule has 2 heterocycles. The maximum atomic E-state index is 14.0. The van der Waals surface area contributed by atoms with Crippen molar-refractivity contribution >= 4 is 17.7 Å². The summed E-state index contributed by atoms with van der Waals surface area (Å²) >= 11 is 0. The Kier molecular flexibility index (Phi) is 4.72. The van der Waals surface area contributed by atoms with E-state index < -0.39 is 23.6 Å². The van der Waals surface area contributed by atoms with E-state index in [4.69, 9.17) is 9.84 Å². The van der Waals surface area contributed by atoms with Crippen LogP contribution < -0.4 is 4.90 Å². The molecule has 0 unspecified atom stereocenters. The molecule has 1 aliphatic rings. The Morgan fingerprint density at radius 1 is 1.22 bits per heavy atom. The van der Waals surface area contributed by atoms with Crippen LogP contribution in [0.15, 0.2) is 12.1 Å². The van der Waals surface area contributed by atoms with Crippen LogP contribution in [0.1, 0.15) is 31.3 Å². The molecule has 0 atom stereocenters. The highest BCUT2D eigenvalue weighted by Gasteiger charge is 2.27. The second-order valence-corrected chi connectivity index (χ2v) is 6.27. The van der Waals surface area contributed by atoms with E-state index in [1.807, 2.05) is 0 Å². The van der Waals surface area contributed by atoms with Gasteiger partial charge >= 0.3 is 12.1 Å². The van der Waals surface area contributed by atoms with Crippen LogP contribution in [-0.2, 0) is 4.74 Å². The minimum Gasteiger partial charge on any atom is -0.477 e. The third kappa shape index (κ3) is 4.30.